The molecular formula is C25H27N3O3. The largest absolute Gasteiger partial charge is 0.496 e. The van der Waals surface area contributed by atoms with Crippen molar-refractivity contribution in [3.8, 4) is 5.75 Å². The van der Waals surface area contributed by atoms with Gasteiger partial charge in [0.1, 0.15) is 5.75 Å². The zero-order valence-corrected chi connectivity index (χ0v) is 17.6. The predicted molar refractivity (Wildman–Crippen MR) is 122 cm³/mol. The van der Waals surface area contributed by atoms with Crippen LogP contribution in [0.3, 0.4) is 0 Å². The minimum Gasteiger partial charge on any atom is -0.496 e. The second-order valence-electron chi connectivity index (χ2n) is 7.84. The number of benzene rings is 3. The van der Waals surface area contributed by atoms with E-state index >= 15 is 0 Å². The van der Waals surface area contributed by atoms with Crippen molar-refractivity contribution < 1.29 is 14.3 Å². The number of fused-ring (bicyclic) bond motifs is 1. The highest BCUT2D eigenvalue weighted by atomic mass is 16.5. The SMILES string of the molecule is COc1cc2ccccc2cc1C(=O)NC1CCN(CC(=O)Nc2ccccc2)CC1. The Bertz CT molecular complexity index is 1060. The van der Waals surface area contributed by atoms with Crippen molar-refractivity contribution in [2.75, 3.05) is 32.1 Å². The van der Waals surface area contributed by atoms with Crippen molar-refractivity contribution in [1.82, 2.24) is 10.2 Å². The number of anilines is 1. The average Bonchev–Trinajstić information content (AvgIpc) is 2.80. The summed E-state index contributed by atoms with van der Waals surface area (Å²) >= 11 is 0. The van der Waals surface area contributed by atoms with Gasteiger partial charge in [-0.25, -0.2) is 0 Å². The summed E-state index contributed by atoms with van der Waals surface area (Å²) < 4.78 is 5.46. The molecule has 1 heterocycles. The summed E-state index contributed by atoms with van der Waals surface area (Å²) in [5.74, 6) is 0.434. The van der Waals surface area contributed by atoms with Gasteiger partial charge in [0.05, 0.1) is 19.2 Å². The molecule has 1 saturated heterocycles. The van der Waals surface area contributed by atoms with Gasteiger partial charge in [-0.15, -0.1) is 0 Å². The summed E-state index contributed by atoms with van der Waals surface area (Å²) in [6, 6.07) is 21.2. The highest BCUT2D eigenvalue weighted by Crippen LogP contribution is 2.26. The Balaban J connectivity index is 1.31. The molecule has 6 heteroatoms. The summed E-state index contributed by atoms with van der Waals surface area (Å²) in [6.45, 7) is 1.89. The number of nitrogens with zero attached hydrogens (tertiary/aromatic N) is 1. The number of hydrogen-bond acceptors (Lipinski definition) is 4. The van der Waals surface area contributed by atoms with Crippen molar-refractivity contribution in [2.24, 2.45) is 0 Å². The van der Waals surface area contributed by atoms with Gasteiger partial charge in [-0.3, -0.25) is 14.5 Å². The zero-order chi connectivity index (χ0) is 21.6. The molecule has 4 rings (SSSR count). The molecule has 0 spiro atoms. The summed E-state index contributed by atoms with van der Waals surface area (Å²) in [4.78, 5) is 27.3. The molecule has 0 bridgehead atoms. The highest BCUT2D eigenvalue weighted by molar-refractivity contribution is 6.01. The van der Waals surface area contributed by atoms with Gasteiger partial charge in [0.2, 0.25) is 5.91 Å². The third kappa shape index (κ3) is 5.22. The first-order valence-electron chi connectivity index (χ1n) is 10.6. The lowest BCUT2D eigenvalue weighted by atomic mass is 10.0. The number of amides is 2. The molecule has 2 N–H and O–H groups in total. The van der Waals surface area contributed by atoms with Crippen molar-refractivity contribution in [3.05, 3.63) is 72.3 Å². The van der Waals surface area contributed by atoms with Gasteiger partial charge in [0, 0.05) is 24.8 Å². The van der Waals surface area contributed by atoms with Crippen LogP contribution in [0, 0.1) is 0 Å². The average molecular weight is 418 g/mol. The molecule has 0 aliphatic carbocycles. The van der Waals surface area contributed by atoms with Crippen LogP contribution in [-0.2, 0) is 4.79 Å². The Morgan fingerprint density at radius 2 is 1.61 bits per heavy atom. The van der Waals surface area contributed by atoms with Crippen molar-refractivity contribution in [1.29, 1.82) is 0 Å². The number of para-hydroxylation sites is 1. The van der Waals surface area contributed by atoms with Gasteiger partial charge in [-0.05, 0) is 47.9 Å². The second-order valence-corrected chi connectivity index (χ2v) is 7.84. The van der Waals surface area contributed by atoms with Crippen LogP contribution in [0.25, 0.3) is 10.8 Å². The van der Waals surface area contributed by atoms with E-state index in [0.29, 0.717) is 17.9 Å². The summed E-state index contributed by atoms with van der Waals surface area (Å²) in [7, 11) is 1.58. The minimum absolute atomic E-state index is 0.0189. The maximum atomic E-state index is 12.9. The van der Waals surface area contributed by atoms with Crippen LogP contribution in [0.2, 0.25) is 0 Å². The van der Waals surface area contributed by atoms with Crippen LogP contribution in [0.4, 0.5) is 5.69 Å². The molecule has 0 radical (unpaired) electrons. The third-order valence-electron chi connectivity index (χ3n) is 5.66. The number of piperidine rings is 1. The fourth-order valence-corrected chi connectivity index (χ4v) is 3.99. The summed E-state index contributed by atoms with van der Waals surface area (Å²) in [6.07, 6.45) is 1.61. The van der Waals surface area contributed by atoms with E-state index in [1.807, 2.05) is 66.7 Å². The molecule has 0 unspecified atom stereocenters. The fraction of sp³-hybridized carbons (Fsp3) is 0.280. The Morgan fingerprint density at radius 1 is 0.968 bits per heavy atom. The number of carbonyl (C=O) groups is 2. The molecule has 0 atom stereocenters. The monoisotopic (exact) mass is 417 g/mol. The van der Waals surface area contributed by atoms with Gasteiger partial charge in [0.15, 0.2) is 0 Å². The molecule has 0 aromatic heterocycles. The maximum Gasteiger partial charge on any atom is 0.255 e. The van der Waals surface area contributed by atoms with Gasteiger partial charge in [0.25, 0.3) is 5.91 Å². The summed E-state index contributed by atoms with van der Waals surface area (Å²) in [5.41, 5.74) is 1.35. The van der Waals surface area contributed by atoms with Gasteiger partial charge in [-0.1, -0.05) is 42.5 Å². The molecule has 1 aliphatic rings. The second kappa shape index (κ2) is 9.62. The third-order valence-corrected chi connectivity index (χ3v) is 5.66. The van der Waals surface area contributed by atoms with Crippen LogP contribution in [0.5, 0.6) is 5.75 Å². The molecule has 0 saturated carbocycles. The van der Waals surface area contributed by atoms with E-state index in [0.717, 1.165) is 42.4 Å². The van der Waals surface area contributed by atoms with Gasteiger partial charge >= 0.3 is 0 Å². The van der Waals surface area contributed by atoms with E-state index in [-0.39, 0.29) is 17.9 Å². The van der Waals surface area contributed by atoms with E-state index in [2.05, 4.69) is 15.5 Å². The first kappa shape index (κ1) is 20.9. The Hall–Kier alpha value is -3.38. The first-order valence-corrected chi connectivity index (χ1v) is 10.6. The Kier molecular flexibility index (Phi) is 6.48. The van der Waals surface area contributed by atoms with Crippen LogP contribution in [0.15, 0.2) is 66.7 Å². The lowest BCUT2D eigenvalue weighted by Crippen LogP contribution is -2.46. The number of likely N-dealkylation sites (tertiary alicyclic amines) is 1. The van der Waals surface area contributed by atoms with Crippen LogP contribution in [0.1, 0.15) is 23.2 Å². The number of methoxy groups -OCH3 is 1. The topological polar surface area (TPSA) is 70.7 Å². The molecule has 3 aromatic rings. The number of ether oxygens (including phenoxy) is 1. The Morgan fingerprint density at radius 3 is 2.29 bits per heavy atom. The Labute approximate surface area is 182 Å². The lowest BCUT2D eigenvalue weighted by Gasteiger charge is -2.32. The van der Waals surface area contributed by atoms with Gasteiger partial charge in [-0.2, -0.15) is 0 Å². The number of carbonyl (C=O) groups excluding carboxylic acids is 2. The zero-order valence-electron chi connectivity index (χ0n) is 17.6. The molecule has 31 heavy (non-hydrogen) atoms. The normalized spacial score (nSPS) is 14.9. The standard InChI is InChI=1S/C25H27N3O3/c1-31-23-16-19-8-6-5-7-18(19)15-22(23)25(30)27-21-11-13-28(14-12-21)17-24(29)26-20-9-3-2-4-10-20/h2-10,15-16,21H,11-14,17H2,1H3,(H,26,29)(H,27,30). The predicted octanol–water partition coefficient (Wildman–Crippen LogP) is 3.68. The number of nitrogens with one attached hydrogen (secondary N) is 2. The first-order chi connectivity index (χ1) is 15.1. The smallest absolute Gasteiger partial charge is 0.255 e. The highest BCUT2D eigenvalue weighted by Gasteiger charge is 2.24. The number of hydrogen-bond donors (Lipinski definition) is 2. The van der Waals surface area contributed by atoms with Crippen molar-refractivity contribution in [2.45, 2.75) is 18.9 Å². The molecule has 1 aliphatic heterocycles. The molecular weight excluding hydrogens is 390 g/mol. The quantitative estimate of drug-likeness (QED) is 0.642. The fourth-order valence-electron chi connectivity index (χ4n) is 3.99. The summed E-state index contributed by atoms with van der Waals surface area (Å²) in [5, 5.41) is 8.11. The molecule has 3 aromatic carbocycles. The van der Waals surface area contributed by atoms with E-state index in [9.17, 15) is 9.59 Å². The molecule has 6 nitrogen and oxygen atoms in total. The van der Waals surface area contributed by atoms with Crippen LogP contribution < -0.4 is 15.4 Å². The molecule has 1 fully saturated rings. The molecule has 2 amide bonds. The molecule has 160 valence electrons. The van der Waals surface area contributed by atoms with Crippen LogP contribution >= 0.6 is 0 Å². The van der Waals surface area contributed by atoms with E-state index in [1.54, 1.807) is 7.11 Å². The minimum atomic E-state index is -0.122. The van der Waals surface area contributed by atoms with Crippen molar-refractivity contribution >= 4 is 28.3 Å². The lowest BCUT2D eigenvalue weighted by molar-refractivity contribution is -0.117. The number of rotatable bonds is 6. The van der Waals surface area contributed by atoms with E-state index in [1.165, 1.54) is 0 Å². The van der Waals surface area contributed by atoms with Crippen LogP contribution in [-0.4, -0.2) is 49.5 Å². The maximum absolute atomic E-state index is 12.9. The van der Waals surface area contributed by atoms with E-state index in [4.69, 9.17) is 4.74 Å². The van der Waals surface area contributed by atoms with Gasteiger partial charge < -0.3 is 15.4 Å². The van der Waals surface area contributed by atoms with E-state index < -0.39 is 0 Å². The van der Waals surface area contributed by atoms with Crippen molar-refractivity contribution in [3.63, 3.8) is 0 Å².